The molecule has 1 saturated heterocycles. The minimum atomic E-state index is -0.542. The Morgan fingerprint density at radius 1 is 1.12 bits per heavy atom. The fraction of sp³-hybridized carbons (Fsp3) is 0.0870. The zero-order valence-electron chi connectivity index (χ0n) is 17.4. The van der Waals surface area contributed by atoms with Crippen LogP contribution in [0.15, 0.2) is 67.3 Å². The SMILES string of the molecule is O=C1OC[C@H](c2ccc(F)c(Cl)c2)N1c1ccn2ncc(-c3ccc(-c4ncn[nH]4)cc3)c2n1. The van der Waals surface area contributed by atoms with Crippen LogP contribution in [0.1, 0.15) is 11.6 Å². The summed E-state index contributed by atoms with van der Waals surface area (Å²) in [6.45, 7) is 0.100. The Morgan fingerprint density at radius 2 is 1.94 bits per heavy atom. The van der Waals surface area contributed by atoms with Gasteiger partial charge >= 0.3 is 6.09 Å². The second kappa shape index (κ2) is 7.92. The van der Waals surface area contributed by atoms with Crippen LogP contribution >= 0.6 is 11.6 Å². The van der Waals surface area contributed by atoms with E-state index in [9.17, 15) is 9.18 Å². The highest BCUT2D eigenvalue weighted by atomic mass is 35.5. The number of hydrogen-bond donors (Lipinski definition) is 1. The lowest BCUT2D eigenvalue weighted by molar-refractivity contribution is 0.179. The molecule has 1 amide bonds. The molecule has 0 unspecified atom stereocenters. The molecule has 1 aliphatic rings. The summed E-state index contributed by atoms with van der Waals surface area (Å²) in [6.07, 6.45) is 4.36. The number of amides is 1. The molecule has 1 aliphatic heterocycles. The Balaban J connectivity index is 1.38. The lowest BCUT2D eigenvalue weighted by atomic mass is 10.1. The predicted molar refractivity (Wildman–Crippen MR) is 122 cm³/mol. The van der Waals surface area contributed by atoms with E-state index in [2.05, 4.69) is 20.3 Å². The average molecular weight is 476 g/mol. The van der Waals surface area contributed by atoms with E-state index in [1.54, 1.807) is 29.0 Å². The molecule has 1 atom stereocenters. The fourth-order valence-electron chi connectivity index (χ4n) is 3.99. The Hall–Kier alpha value is -4.31. The predicted octanol–water partition coefficient (Wildman–Crippen LogP) is 4.67. The van der Waals surface area contributed by atoms with E-state index >= 15 is 0 Å². The first-order chi connectivity index (χ1) is 16.6. The molecular formula is C23H15ClFN7O2. The molecule has 0 spiro atoms. The molecule has 0 bridgehead atoms. The van der Waals surface area contributed by atoms with Gasteiger partial charge in [0.25, 0.3) is 0 Å². The van der Waals surface area contributed by atoms with Crippen molar-refractivity contribution in [3.05, 3.63) is 83.7 Å². The standard InChI is InChI=1S/C23H15ClFN7O2/c24-17-9-15(5-6-18(17)25)19-11-34-23(33)32(19)20-7-8-31-22(29-20)16(10-28-31)13-1-3-14(4-2-13)21-26-12-27-30-21/h1-10,12,19H,11H2,(H,26,27,30)/t19-/m1/s1. The first kappa shape index (κ1) is 20.3. The zero-order valence-corrected chi connectivity index (χ0v) is 18.1. The van der Waals surface area contributed by atoms with E-state index in [0.29, 0.717) is 22.9 Å². The topological polar surface area (TPSA) is 101 Å². The van der Waals surface area contributed by atoms with Gasteiger partial charge in [-0.05, 0) is 29.3 Å². The van der Waals surface area contributed by atoms with Gasteiger partial charge in [0.1, 0.15) is 30.6 Å². The molecule has 4 heterocycles. The molecule has 3 aromatic heterocycles. The van der Waals surface area contributed by atoms with Gasteiger partial charge < -0.3 is 4.74 Å². The maximum absolute atomic E-state index is 13.7. The lowest BCUT2D eigenvalue weighted by Gasteiger charge is -2.21. The molecule has 34 heavy (non-hydrogen) atoms. The summed E-state index contributed by atoms with van der Waals surface area (Å²) in [4.78, 5) is 22.9. The summed E-state index contributed by atoms with van der Waals surface area (Å²) in [5, 5.41) is 11.1. The molecule has 2 aromatic carbocycles. The number of fused-ring (bicyclic) bond motifs is 1. The van der Waals surface area contributed by atoms with E-state index in [4.69, 9.17) is 21.3 Å². The monoisotopic (exact) mass is 475 g/mol. The number of benzene rings is 2. The third kappa shape index (κ3) is 3.35. The van der Waals surface area contributed by atoms with Crippen LogP contribution in [0.3, 0.4) is 0 Å². The van der Waals surface area contributed by atoms with Crippen molar-refractivity contribution in [2.24, 2.45) is 0 Å². The van der Waals surface area contributed by atoms with Crippen molar-refractivity contribution in [3.8, 4) is 22.5 Å². The number of halogens is 2. The average Bonchev–Trinajstić information content (AvgIpc) is 3.60. The third-order valence-electron chi connectivity index (χ3n) is 5.69. The van der Waals surface area contributed by atoms with Crippen LogP contribution in [-0.4, -0.2) is 42.5 Å². The number of hydrogen-bond acceptors (Lipinski definition) is 6. The number of anilines is 1. The Labute approximate surface area is 196 Å². The maximum atomic E-state index is 13.7. The van der Waals surface area contributed by atoms with Crippen molar-refractivity contribution >= 4 is 29.2 Å². The lowest BCUT2D eigenvalue weighted by Crippen LogP contribution is -2.28. The van der Waals surface area contributed by atoms with Gasteiger partial charge in [-0.25, -0.2) is 23.7 Å². The van der Waals surface area contributed by atoms with Crippen LogP contribution in [0.2, 0.25) is 5.02 Å². The van der Waals surface area contributed by atoms with Crippen LogP contribution in [0.5, 0.6) is 0 Å². The summed E-state index contributed by atoms with van der Waals surface area (Å²) in [6, 6.07) is 13.3. The number of aromatic nitrogens is 6. The van der Waals surface area contributed by atoms with Crippen molar-refractivity contribution in [2.45, 2.75) is 6.04 Å². The molecule has 0 saturated carbocycles. The van der Waals surface area contributed by atoms with E-state index in [0.717, 1.165) is 16.7 Å². The Morgan fingerprint density at radius 3 is 2.71 bits per heavy atom. The van der Waals surface area contributed by atoms with E-state index in [-0.39, 0.29) is 11.6 Å². The number of carbonyl (C=O) groups excluding carboxylic acids is 1. The normalized spacial score (nSPS) is 15.8. The second-order valence-corrected chi connectivity index (χ2v) is 8.07. The molecule has 1 fully saturated rings. The van der Waals surface area contributed by atoms with Gasteiger partial charge in [0, 0.05) is 17.3 Å². The van der Waals surface area contributed by atoms with Gasteiger partial charge in [-0.2, -0.15) is 10.2 Å². The summed E-state index contributed by atoms with van der Waals surface area (Å²) < 4.78 is 20.6. The van der Waals surface area contributed by atoms with Crippen LogP contribution < -0.4 is 4.90 Å². The molecule has 168 valence electrons. The molecule has 5 aromatic rings. The number of carbonyl (C=O) groups is 1. The molecule has 11 heteroatoms. The highest BCUT2D eigenvalue weighted by molar-refractivity contribution is 6.30. The summed E-state index contributed by atoms with van der Waals surface area (Å²) in [7, 11) is 0. The number of nitrogens with zero attached hydrogens (tertiary/aromatic N) is 6. The molecule has 6 rings (SSSR count). The quantitative estimate of drug-likeness (QED) is 0.405. The van der Waals surface area contributed by atoms with Gasteiger partial charge in [-0.3, -0.25) is 10.00 Å². The van der Waals surface area contributed by atoms with Crippen LogP contribution in [-0.2, 0) is 4.74 Å². The number of rotatable bonds is 4. The molecule has 0 radical (unpaired) electrons. The van der Waals surface area contributed by atoms with Crippen LogP contribution in [0, 0.1) is 5.82 Å². The maximum Gasteiger partial charge on any atom is 0.416 e. The molecular weight excluding hydrogens is 461 g/mol. The van der Waals surface area contributed by atoms with Gasteiger partial charge in [-0.1, -0.05) is 41.9 Å². The minimum Gasteiger partial charge on any atom is -0.447 e. The number of H-pyrrole nitrogens is 1. The highest BCUT2D eigenvalue weighted by Crippen LogP contribution is 2.35. The van der Waals surface area contributed by atoms with Gasteiger partial charge in [0.05, 0.1) is 11.2 Å². The van der Waals surface area contributed by atoms with Crippen molar-refractivity contribution < 1.29 is 13.9 Å². The Bertz CT molecular complexity index is 1520. The first-order valence-corrected chi connectivity index (χ1v) is 10.7. The minimum absolute atomic E-state index is 0.0212. The van der Waals surface area contributed by atoms with Crippen molar-refractivity contribution in [2.75, 3.05) is 11.5 Å². The van der Waals surface area contributed by atoms with Crippen molar-refractivity contribution in [1.29, 1.82) is 0 Å². The third-order valence-corrected chi connectivity index (χ3v) is 5.98. The van der Waals surface area contributed by atoms with E-state index < -0.39 is 18.0 Å². The number of ether oxygens (including phenoxy) is 1. The molecule has 1 N–H and O–H groups in total. The number of aromatic amines is 1. The molecule has 9 nitrogen and oxygen atoms in total. The highest BCUT2D eigenvalue weighted by Gasteiger charge is 2.37. The van der Waals surface area contributed by atoms with Gasteiger partial charge in [0.15, 0.2) is 11.5 Å². The smallest absolute Gasteiger partial charge is 0.416 e. The first-order valence-electron chi connectivity index (χ1n) is 10.3. The number of cyclic esters (lactones) is 1. The van der Waals surface area contributed by atoms with E-state index in [1.165, 1.54) is 23.4 Å². The van der Waals surface area contributed by atoms with Crippen molar-refractivity contribution in [1.82, 2.24) is 29.8 Å². The van der Waals surface area contributed by atoms with E-state index in [1.807, 2.05) is 24.3 Å². The Kier molecular flexibility index (Phi) is 4.73. The van der Waals surface area contributed by atoms with Crippen LogP contribution in [0.4, 0.5) is 15.0 Å². The molecule has 0 aliphatic carbocycles. The summed E-state index contributed by atoms with van der Waals surface area (Å²) in [5.41, 5.74) is 3.80. The van der Waals surface area contributed by atoms with Crippen molar-refractivity contribution in [3.63, 3.8) is 0 Å². The van der Waals surface area contributed by atoms with Crippen LogP contribution in [0.25, 0.3) is 28.2 Å². The summed E-state index contributed by atoms with van der Waals surface area (Å²) >= 11 is 5.96. The van der Waals surface area contributed by atoms with Gasteiger partial charge in [0.2, 0.25) is 0 Å². The second-order valence-electron chi connectivity index (χ2n) is 7.66. The largest absolute Gasteiger partial charge is 0.447 e. The zero-order chi connectivity index (χ0) is 23.2. The summed E-state index contributed by atoms with van der Waals surface area (Å²) in [5.74, 6) is 0.534. The fourth-order valence-corrected chi connectivity index (χ4v) is 4.18. The number of nitrogens with one attached hydrogen (secondary N) is 1. The van der Waals surface area contributed by atoms with Gasteiger partial charge in [-0.15, -0.1) is 0 Å².